The Balaban J connectivity index is 2.14. The van der Waals surface area contributed by atoms with E-state index in [1.54, 1.807) is 19.1 Å². The van der Waals surface area contributed by atoms with Crippen LogP contribution in [0.25, 0.3) is 0 Å². The van der Waals surface area contributed by atoms with Crippen LogP contribution in [0.2, 0.25) is 0 Å². The summed E-state index contributed by atoms with van der Waals surface area (Å²) in [5.41, 5.74) is 2.82. The minimum absolute atomic E-state index is 0.278. The monoisotopic (exact) mass is 250 g/mol. The Morgan fingerprint density at radius 3 is 3.00 bits per heavy atom. The fourth-order valence-electron chi connectivity index (χ4n) is 1.17. The van der Waals surface area contributed by atoms with Crippen molar-refractivity contribution < 1.29 is 4.79 Å². The predicted octanol–water partition coefficient (Wildman–Crippen LogP) is 0.779. The molecule has 0 radical (unpaired) electrons. The third-order valence-corrected chi connectivity index (χ3v) is 2.64. The second-order valence-corrected chi connectivity index (χ2v) is 3.93. The molecule has 7 nitrogen and oxygen atoms in total. The van der Waals surface area contributed by atoms with Crippen LogP contribution in [0.15, 0.2) is 18.3 Å². The van der Waals surface area contributed by atoms with Crippen molar-refractivity contribution in [3.8, 4) is 0 Å². The molecular weight excluding hydrogens is 240 g/mol. The molecule has 8 heteroatoms. The Labute approximate surface area is 101 Å². The number of carbonyl (C=O) groups excluding carboxylic acids is 1. The lowest BCUT2D eigenvalue weighted by molar-refractivity contribution is 0.102. The summed E-state index contributed by atoms with van der Waals surface area (Å²) in [4.78, 5) is 19.8. The summed E-state index contributed by atoms with van der Waals surface area (Å²) in [6.07, 6.45) is 1.50. The molecule has 2 rings (SSSR count). The largest absolute Gasteiger partial charge is 0.308 e. The van der Waals surface area contributed by atoms with Crippen molar-refractivity contribution >= 4 is 28.4 Å². The number of anilines is 2. The normalized spacial score (nSPS) is 10.0. The van der Waals surface area contributed by atoms with E-state index < -0.39 is 0 Å². The number of nitrogens with one attached hydrogen (secondary N) is 2. The van der Waals surface area contributed by atoms with Gasteiger partial charge in [0, 0.05) is 23.3 Å². The van der Waals surface area contributed by atoms with Crippen molar-refractivity contribution in [3.05, 3.63) is 29.7 Å². The Hall–Kier alpha value is -2.06. The van der Waals surface area contributed by atoms with Gasteiger partial charge >= 0.3 is 0 Å². The highest BCUT2D eigenvalue weighted by Gasteiger charge is 2.09. The number of nitrogens with zero attached hydrogens (tertiary/aromatic N) is 3. The molecule has 2 heterocycles. The zero-order chi connectivity index (χ0) is 12.3. The molecule has 1 amide bonds. The van der Waals surface area contributed by atoms with Crippen LogP contribution in [0.3, 0.4) is 0 Å². The third-order valence-electron chi connectivity index (χ3n) is 1.92. The summed E-state index contributed by atoms with van der Waals surface area (Å²) in [6.45, 7) is 1.76. The highest BCUT2D eigenvalue weighted by atomic mass is 32.1. The number of hydrogen-bond donors (Lipinski definition) is 3. The van der Waals surface area contributed by atoms with Crippen molar-refractivity contribution in [1.29, 1.82) is 0 Å². The van der Waals surface area contributed by atoms with E-state index >= 15 is 0 Å². The highest BCUT2D eigenvalue weighted by molar-refractivity contribution is 7.09. The van der Waals surface area contributed by atoms with Crippen molar-refractivity contribution in [2.45, 2.75) is 6.92 Å². The molecule has 0 aliphatic rings. The number of pyridine rings is 1. The van der Waals surface area contributed by atoms with Crippen LogP contribution < -0.4 is 16.6 Å². The summed E-state index contributed by atoms with van der Waals surface area (Å²) in [5, 5.41) is 3.10. The molecule has 0 aromatic carbocycles. The molecule has 0 fully saturated rings. The van der Waals surface area contributed by atoms with Crippen molar-refractivity contribution in [2.24, 2.45) is 5.84 Å². The average Bonchev–Trinajstić information content (AvgIpc) is 2.75. The molecule has 0 aliphatic heterocycles. The number of rotatable bonds is 3. The van der Waals surface area contributed by atoms with E-state index in [0.717, 1.165) is 11.5 Å². The lowest BCUT2D eigenvalue weighted by atomic mass is 10.2. The second-order valence-electron chi connectivity index (χ2n) is 3.17. The minimum Gasteiger partial charge on any atom is -0.308 e. The maximum Gasteiger partial charge on any atom is 0.257 e. The van der Waals surface area contributed by atoms with Crippen molar-refractivity contribution in [1.82, 2.24) is 14.3 Å². The molecule has 0 aliphatic carbocycles. The van der Waals surface area contributed by atoms with Crippen molar-refractivity contribution in [3.63, 3.8) is 0 Å². The Morgan fingerprint density at radius 1 is 1.53 bits per heavy atom. The van der Waals surface area contributed by atoms with Crippen molar-refractivity contribution in [2.75, 3.05) is 10.7 Å². The predicted molar refractivity (Wildman–Crippen MR) is 64.6 cm³/mol. The smallest absolute Gasteiger partial charge is 0.257 e. The first kappa shape index (κ1) is 11.4. The summed E-state index contributed by atoms with van der Waals surface area (Å²) < 4.78 is 3.97. The Morgan fingerprint density at radius 2 is 2.35 bits per heavy atom. The molecule has 0 bridgehead atoms. The van der Waals surface area contributed by atoms with Crippen LogP contribution in [0, 0.1) is 6.92 Å². The van der Waals surface area contributed by atoms with Gasteiger partial charge in [-0.25, -0.2) is 15.8 Å². The molecule has 2 aromatic rings. The average molecular weight is 250 g/mol. The number of hydrazine groups is 1. The van der Waals surface area contributed by atoms with Gasteiger partial charge in [-0.1, -0.05) is 0 Å². The molecular formula is C9H10N6OS. The molecule has 0 spiro atoms. The zero-order valence-electron chi connectivity index (χ0n) is 8.97. The summed E-state index contributed by atoms with van der Waals surface area (Å²) in [6, 6.07) is 3.13. The van der Waals surface area contributed by atoms with Crippen LogP contribution in [0.1, 0.15) is 16.2 Å². The number of aryl methyl sites for hydroxylation is 1. The Bertz CT molecular complexity index is 540. The van der Waals surface area contributed by atoms with Gasteiger partial charge in [0.2, 0.25) is 5.13 Å². The van der Waals surface area contributed by atoms with Gasteiger partial charge in [0.1, 0.15) is 11.6 Å². The standard InChI is InChI=1S/C9H10N6OS/c1-5-12-9(17-15-5)13-8(16)6-2-3-11-7(4-6)14-10/h2-4H,10H2,1H3,(H,11,14)(H,12,13,15,16). The second kappa shape index (κ2) is 4.85. The van der Waals surface area contributed by atoms with Crippen LogP contribution in [-0.2, 0) is 0 Å². The van der Waals surface area contributed by atoms with Gasteiger partial charge in [-0.3, -0.25) is 10.1 Å². The number of carbonyl (C=O) groups is 1. The molecule has 4 N–H and O–H groups in total. The first-order valence-corrected chi connectivity index (χ1v) is 5.50. The van der Waals surface area contributed by atoms with E-state index in [0.29, 0.717) is 22.3 Å². The number of nitrogens with two attached hydrogens (primary N) is 1. The SMILES string of the molecule is Cc1nsc(NC(=O)c2ccnc(NN)c2)n1. The van der Waals surface area contributed by atoms with Crippen LogP contribution in [-0.4, -0.2) is 20.2 Å². The quantitative estimate of drug-likeness (QED) is 0.549. The maximum absolute atomic E-state index is 11.8. The summed E-state index contributed by atoms with van der Waals surface area (Å²) >= 11 is 1.13. The lowest BCUT2D eigenvalue weighted by Crippen LogP contribution is -2.14. The lowest BCUT2D eigenvalue weighted by Gasteiger charge is -2.03. The fraction of sp³-hybridized carbons (Fsp3) is 0.111. The topological polar surface area (TPSA) is 106 Å². The first-order chi connectivity index (χ1) is 8.19. The van der Waals surface area contributed by atoms with E-state index in [2.05, 4.69) is 25.1 Å². The third kappa shape index (κ3) is 2.74. The number of hydrogen-bond acceptors (Lipinski definition) is 7. The van der Waals surface area contributed by atoms with Crippen LogP contribution >= 0.6 is 11.5 Å². The molecule has 88 valence electrons. The van der Waals surface area contributed by atoms with Gasteiger partial charge in [0.15, 0.2) is 0 Å². The number of aromatic nitrogens is 3. The van der Waals surface area contributed by atoms with E-state index in [4.69, 9.17) is 5.84 Å². The van der Waals surface area contributed by atoms with Gasteiger partial charge in [0.05, 0.1) is 0 Å². The van der Waals surface area contributed by atoms with E-state index in [-0.39, 0.29) is 5.91 Å². The molecule has 0 saturated carbocycles. The minimum atomic E-state index is -0.278. The molecule has 0 unspecified atom stereocenters. The van der Waals surface area contributed by atoms with Crippen LogP contribution in [0.5, 0.6) is 0 Å². The van der Waals surface area contributed by atoms with Gasteiger partial charge in [-0.05, 0) is 19.1 Å². The first-order valence-electron chi connectivity index (χ1n) is 4.73. The molecule has 0 atom stereocenters. The molecule has 17 heavy (non-hydrogen) atoms. The van der Waals surface area contributed by atoms with Gasteiger partial charge in [-0.15, -0.1) is 0 Å². The van der Waals surface area contributed by atoms with Gasteiger partial charge in [0.25, 0.3) is 5.91 Å². The van der Waals surface area contributed by atoms with Crippen LogP contribution in [0.4, 0.5) is 10.9 Å². The molecule has 0 saturated heterocycles. The number of amides is 1. The summed E-state index contributed by atoms with van der Waals surface area (Å²) in [5.74, 6) is 5.98. The molecule has 2 aromatic heterocycles. The van der Waals surface area contributed by atoms with Gasteiger partial charge < -0.3 is 5.43 Å². The maximum atomic E-state index is 11.8. The fourth-order valence-corrected chi connectivity index (χ4v) is 1.74. The number of nitrogen functional groups attached to an aromatic ring is 1. The van der Waals surface area contributed by atoms with Gasteiger partial charge in [-0.2, -0.15) is 4.37 Å². The Kier molecular flexibility index (Phi) is 3.26. The highest BCUT2D eigenvalue weighted by Crippen LogP contribution is 2.13. The summed E-state index contributed by atoms with van der Waals surface area (Å²) in [7, 11) is 0. The van der Waals surface area contributed by atoms with E-state index in [1.807, 2.05) is 0 Å². The van der Waals surface area contributed by atoms with E-state index in [1.165, 1.54) is 6.20 Å². The van der Waals surface area contributed by atoms with E-state index in [9.17, 15) is 4.79 Å². The zero-order valence-corrected chi connectivity index (χ0v) is 9.78.